The molecule has 2 rings (SSSR count). The molecule has 0 aliphatic rings. The molecule has 2 aromatic heterocycles. The third-order valence-electron chi connectivity index (χ3n) is 2.37. The Labute approximate surface area is 101 Å². The average Bonchev–Trinajstić information content (AvgIpc) is 2.39. The summed E-state index contributed by atoms with van der Waals surface area (Å²) >= 11 is 0. The van der Waals surface area contributed by atoms with E-state index < -0.39 is 11.4 Å². The molecule has 2 heterocycles. The average molecular weight is 238 g/mol. The number of hydrogen-bond acceptors (Lipinski definition) is 5. The summed E-state index contributed by atoms with van der Waals surface area (Å²) in [7, 11) is 0. The van der Waals surface area contributed by atoms with Crippen LogP contribution in [0, 0.1) is 22.7 Å². The van der Waals surface area contributed by atoms with Crippen molar-refractivity contribution in [2.24, 2.45) is 0 Å². The Bertz CT molecular complexity index is 736. The van der Waals surface area contributed by atoms with Crippen LogP contribution in [0.3, 0.4) is 0 Å². The molecule has 0 fully saturated rings. The van der Waals surface area contributed by atoms with Crippen LogP contribution in [0.4, 0.5) is 0 Å². The fourth-order valence-corrected chi connectivity index (χ4v) is 1.60. The summed E-state index contributed by atoms with van der Waals surface area (Å²) in [4.78, 5) is 17.5. The number of aromatic hydroxyl groups is 1. The Morgan fingerprint density at radius 3 is 2.56 bits per heavy atom. The van der Waals surface area contributed by atoms with Gasteiger partial charge in [-0.25, -0.2) is 0 Å². The number of H-pyrrole nitrogens is 1. The SMILES string of the molecule is N#Cc1c(O)[nH]c(=O)c(C#N)c1-c1cccnc1. The van der Waals surface area contributed by atoms with Gasteiger partial charge < -0.3 is 5.11 Å². The van der Waals surface area contributed by atoms with Gasteiger partial charge in [0.25, 0.3) is 5.56 Å². The zero-order valence-corrected chi connectivity index (χ0v) is 9.01. The first-order valence-corrected chi connectivity index (χ1v) is 4.89. The van der Waals surface area contributed by atoms with Crippen molar-refractivity contribution in [2.45, 2.75) is 0 Å². The molecular weight excluding hydrogens is 232 g/mol. The summed E-state index contributed by atoms with van der Waals surface area (Å²) in [6.07, 6.45) is 2.94. The van der Waals surface area contributed by atoms with Crippen molar-refractivity contribution in [3.8, 4) is 29.1 Å². The molecule has 0 saturated carbocycles. The zero-order chi connectivity index (χ0) is 13.1. The molecule has 0 atom stereocenters. The Hall–Kier alpha value is -3.12. The minimum atomic E-state index is -0.743. The maximum absolute atomic E-state index is 11.6. The summed E-state index contributed by atoms with van der Waals surface area (Å²) in [5.41, 5.74) is -0.606. The molecule has 0 saturated heterocycles. The van der Waals surface area contributed by atoms with Gasteiger partial charge in [-0.1, -0.05) is 6.07 Å². The Morgan fingerprint density at radius 2 is 2.00 bits per heavy atom. The third-order valence-corrected chi connectivity index (χ3v) is 2.37. The first kappa shape index (κ1) is 11.4. The van der Waals surface area contributed by atoms with E-state index >= 15 is 0 Å². The van der Waals surface area contributed by atoms with Gasteiger partial charge >= 0.3 is 0 Å². The summed E-state index contributed by atoms with van der Waals surface area (Å²) in [5, 5.41) is 27.5. The van der Waals surface area contributed by atoms with Gasteiger partial charge in [0, 0.05) is 23.5 Å². The topological polar surface area (TPSA) is 114 Å². The summed E-state index contributed by atoms with van der Waals surface area (Å²) in [5.74, 6) is -0.555. The fraction of sp³-hybridized carbons (Fsp3) is 0. The monoisotopic (exact) mass is 238 g/mol. The molecule has 2 N–H and O–H groups in total. The van der Waals surface area contributed by atoms with E-state index in [2.05, 4.69) is 9.97 Å². The highest BCUT2D eigenvalue weighted by Gasteiger charge is 2.18. The molecule has 6 heteroatoms. The lowest BCUT2D eigenvalue weighted by molar-refractivity contribution is 0.450. The first-order valence-electron chi connectivity index (χ1n) is 4.89. The van der Waals surface area contributed by atoms with Crippen LogP contribution < -0.4 is 5.56 Å². The van der Waals surface area contributed by atoms with Gasteiger partial charge in [-0.15, -0.1) is 0 Å². The molecule has 6 nitrogen and oxygen atoms in total. The van der Waals surface area contributed by atoms with E-state index in [1.165, 1.54) is 12.4 Å². The second kappa shape index (κ2) is 4.40. The van der Waals surface area contributed by atoms with Crippen LogP contribution in [0.1, 0.15) is 11.1 Å². The van der Waals surface area contributed by atoms with Gasteiger partial charge in [0.1, 0.15) is 23.3 Å². The molecule has 0 radical (unpaired) electrons. The largest absolute Gasteiger partial charge is 0.494 e. The molecule has 18 heavy (non-hydrogen) atoms. The lowest BCUT2D eigenvalue weighted by Crippen LogP contribution is -2.13. The summed E-state index contributed by atoms with van der Waals surface area (Å²) in [6, 6.07) is 6.70. The number of aromatic nitrogens is 2. The predicted molar refractivity (Wildman–Crippen MR) is 61.4 cm³/mol. The Balaban J connectivity index is 2.94. The van der Waals surface area contributed by atoms with Gasteiger partial charge in [0.2, 0.25) is 5.88 Å². The number of hydrogen-bond donors (Lipinski definition) is 2. The third kappa shape index (κ3) is 1.68. The molecule has 0 unspecified atom stereocenters. The smallest absolute Gasteiger partial charge is 0.269 e. The van der Waals surface area contributed by atoms with Crippen LogP contribution in [0.2, 0.25) is 0 Å². The van der Waals surface area contributed by atoms with Crippen LogP contribution in [0.5, 0.6) is 5.88 Å². The second-order valence-corrected chi connectivity index (χ2v) is 3.39. The predicted octanol–water partition coefficient (Wildman–Crippen LogP) is 0.886. The molecule has 0 amide bonds. The number of nitriles is 2. The van der Waals surface area contributed by atoms with Gasteiger partial charge in [-0.2, -0.15) is 10.5 Å². The van der Waals surface area contributed by atoms with Gasteiger partial charge in [0.15, 0.2) is 0 Å². The van der Waals surface area contributed by atoms with Crippen molar-refractivity contribution >= 4 is 0 Å². The van der Waals surface area contributed by atoms with E-state index in [1.807, 2.05) is 0 Å². The molecule has 0 aliphatic carbocycles. The standard InChI is InChI=1S/C12H6N4O2/c13-4-8-10(7-2-1-3-15-6-7)9(5-14)12(18)16-11(8)17/h1-3,6H,(H2,16,17,18). The minimum absolute atomic E-state index is 0.0920. The van der Waals surface area contributed by atoms with Crippen molar-refractivity contribution in [1.29, 1.82) is 10.5 Å². The second-order valence-electron chi connectivity index (χ2n) is 3.39. The molecular formula is C12H6N4O2. The number of aromatic amines is 1. The Kier molecular flexibility index (Phi) is 2.78. The minimum Gasteiger partial charge on any atom is -0.494 e. The van der Waals surface area contributed by atoms with Crippen LogP contribution in [0.15, 0.2) is 29.3 Å². The highest BCUT2D eigenvalue weighted by atomic mass is 16.3. The quantitative estimate of drug-likeness (QED) is 0.765. The molecule has 0 aromatic carbocycles. The number of rotatable bonds is 1. The maximum atomic E-state index is 11.6. The van der Waals surface area contributed by atoms with Crippen LogP contribution in [-0.4, -0.2) is 15.1 Å². The first-order chi connectivity index (χ1) is 8.69. The van der Waals surface area contributed by atoms with Crippen molar-refractivity contribution < 1.29 is 5.11 Å². The summed E-state index contributed by atoms with van der Waals surface area (Å²) < 4.78 is 0. The Morgan fingerprint density at radius 1 is 1.28 bits per heavy atom. The lowest BCUT2D eigenvalue weighted by atomic mass is 9.98. The molecule has 0 aliphatic heterocycles. The molecule has 0 bridgehead atoms. The van der Waals surface area contributed by atoms with Crippen LogP contribution in [-0.2, 0) is 0 Å². The number of nitrogens with zero attached hydrogens (tertiary/aromatic N) is 3. The normalized spacial score (nSPS) is 9.44. The van der Waals surface area contributed by atoms with Crippen molar-refractivity contribution in [3.63, 3.8) is 0 Å². The van der Waals surface area contributed by atoms with Crippen molar-refractivity contribution in [2.75, 3.05) is 0 Å². The van der Waals surface area contributed by atoms with E-state index in [-0.39, 0.29) is 16.7 Å². The highest BCUT2D eigenvalue weighted by Crippen LogP contribution is 2.28. The van der Waals surface area contributed by atoms with Crippen LogP contribution in [0.25, 0.3) is 11.1 Å². The zero-order valence-electron chi connectivity index (χ0n) is 9.01. The fourth-order valence-electron chi connectivity index (χ4n) is 1.60. The molecule has 2 aromatic rings. The van der Waals surface area contributed by atoms with E-state index in [9.17, 15) is 9.90 Å². The van der Waals surface area contributed by atoms with E-state index in [1.54, 1.807) is 24.3 Å². The highest BCUT2D eigenvalue weighted by molar-refractivity contribution is 5.77. The maximum Gasteiger partial charge on any atom is 0.269 e. The lowest BCUT2D eigenvalue weighted by Gasteiger charge is -2.06. The van der Waals surface area contributed by atoms with Crippen LogP contribution >= 0.6 is 0 Å². The van der Waals surface area contributed by atoms with E-state index in [0.717, 1.165) is 0 Å². The van der Waals surface area contributed by atoms with Crippen molar-refractivity contribution in [1.82, 2.24) is 9.97 Å². The number of nitrogens with one attached hydrogen (secondary N) is 1. The molecule has 86 valence electrons. The molecule has 0 spiro atoms. The van der Waals surface area contributed by atoms with E-state index in [0.29, 0.717) is 5.56 Å². The van der Waals surface area contributed by atoms with Gasteiger partial charge in [-0.3, -0.25) is 14.8 Å². The number of pyridine rings is 2. The van der Waals surface area contributed by atoms with Gasteiger partial charge in [-0.05, 0) is 6.07 Å². The summed E-state index contributed by atoms with van der Waals surface area (Å²) in [6.45, 7) is 0. The van der Waals surface area contributed by atoms with E-state index in [4.69, 9.17) is 10.5 Å². The van der Waals surface area contributed by atoms with Gasteiger partial charge in [0.05, 0.1) is 0 Å². The van der Waals surface area contributed by atoms with Crippen molar-refractivity contribution in [3.05, 3.63) is 46.0 Å².